The number of aliphatic imine (C=N–C) groups is 1. The Morgan fingerprint density at radius 3 is 2.69 bits per heavy atom. The lowest BCUT2D eigenvalue weighted by Crippen LogP contribution is -2.47. The molecule has 2 N–H and O–H groups in total. The lowest BCUT2D eigenvalue weighted by Gasteiger charge is -2.33. The Balaban J connectivity index is 0.00000338. The summed E-state index contributed by atoms with van der Waals surface area (Å²) in [4.78, 5) is 18.6. The zero-order chi connectivity index (χ0) is 18.3. The van der Waals surface area contributed by atoms with Gasteiger partial charge in [0.05, 0.1) is 25.3 Å². The number of piperidine rings is 1. The molecule has 1 unspecified atom stereocenters. The second-order valence-corrected chi connectivity index (χ2v) is 6.43. The van der Waals surface area contributed by atoms with Gasteiger partial charge in [0.15, 0.2) is 5.96 Å². The number of hydrogen-bond donors (Lipinski definition) is 2. The highest BCUT2D eigenvalue weighted by atomic mass is 127. The Labute approximate surface area is 172 Å². The van der Waals surface area contributed by atoms with E-state index < -0.39 is 5.60 Å². The average Bonchev–Trinajstić information content (AvgIpc) is 3.14. The van der Waals surface area contributed by atoms with Crippen LogP contribution in [0.2, 0.25) is 0 Å². The van der Waals surface area contributed by atoms with Crippen molar-refractivity contribution in [3.63, 3.8) is 0 Å². The molecule has 0 spiro atoms. The van der Waals surface area contributed by atoms with Crippen molar-refractivity contribution in [2.45, 2.75) is 39.2 Å². The van der Waals surface area contributed by atoms with Crippen LogP contribution in [-0.2, 0) is 15.1 Å². The van der Waals surface area contributed by atoms with Gasteiger partial charge < -0.3 is 24.5 Å². The molecule has 1 atom stereocenters. The molecule has 0 amide bonds. The van der Waals surface area contributed by atoms with Gasteiger partial charge in [0.25, 0.3) is 0 Å². The monoisotopic (exact) mass is 479 g/mol. The maximum atomic E-state index is 11.9. The molecule has 8 heteroatoms. The van der Waals surface area contributed by atoms with E-state index in [-0.39, 0.29) is 42.4 Å². The zero-order valence-corrected chi connectivity index (χ0v) is 18.1. The lowest BCUT2D eigenvalue weighted by atomic mass is 9.97. The second-order valence-electron chi connectivity index (χ2n) is 6.43. The molecule has 0 radical (unpaired) electrons. The van der Waals surface area contributed by atoms with Gasteiger partial charge in [-0.15, -0.1) is 24.0 Å². The third kappa shape index (κ3) is 6.15. The number of carbonyl (C=O) groups excluding carboxylic acids is 1. The molecule has 1 aromatic rings. The number of nitrogens with one attached hydrogen (secondary N) is 1. The highest BCUT2D eigenvalue weighted by Gasteiger charge is 2.29. The van der Waals surface area contributed by atoms with E-state index in [2.05, 4.69) is 15.2 Å². The fourth-order valence-corrected chi connectivity index (χ4v) is 2.90. The van der Waals surface area contributed by atoms with Crippen molar-refractivity contribution >= 4 is 35.9 Å². The van der Waals surface area contributed by atoms with Gasteiger partial charge in [-0.05, 0) is 45.7 Å². The molecule has 1 aliphatic heterocycles. The molecule has 0 aliphatic carbocycles. The number of aliphatic hydroxyl groups is 1. The Morgan fingerprint density at radius 2 is 2.15 bits per heavy atom. The molecule has 148 valence electrons. The number of halogens is 1. The minimum atomic E-state index is -1.16. The molecular weight excluding hydrogens is 449 g/mol. The fourth-order valence-electron chi connectivity index (χ4n) is 2.90. The van der Waals surface area contributed by atoms with E-state index in [1.807, 2.05) is 13.8 Å². The van der Waals surface area contributed by atoms with Crippen molar-refractivity contribution in [2.75, 3.05) is 32.8 Å². The Hall–Kier alpha value is -1.29. The van der Waals surface area contributed by atoms with Crippen LogP contribution >= 0.6 is 24.0 Å². The molecule has 1 saturated heterocycles. The molecule has 1 aromatic heterocycles. The van der Waals surface area contributed by atoms with E-state index in [4.69, 9.17) is 9.15 Å². The number of likely N-dealkylation sites (tertiary alicyclic amines) is 1. The smallest absolute Gasteiger partial charge is 0.309 e. The summed E-state index contributed by atoms with van der Waals surface area (Å²) in [5.41, 5.74) is -1.16. The van der Waals surface area contributed by atoms with Gasteiger partial charge in [0.2, 0.25) is 0 Å². The largest absolute Gasteiger partial charge is 0.466 e. The first-order valence-corrected chi connectivity index (χ1v) is 8.94. The Bertz CT molecular complexity index is 567. The summed E-state index contributed by atoms with van der Waals surface area (Å²) < 4.78 is 10.4. The van der Waals surface area contributed by atoms with Crippen LogP contribution in [-0.4, -0.2) is 54.7 Å². The highest BCUT2D eigenvalue weighted by molar-refractivity contribution is 14.0. The van der Waals surface area contributed by atoms with Crippen LogP contribution in [0.4, 0.5) is 0 Å². The van der Waals surface area contributed by atoms with E-state index in [1.54, 1.807) is 25.3 Å². The van der Waals surface area contributed by atoms with Crippen molar-refractivity contribution in [2.24, 2.45) is 10.9 Å². The number of carbonyl (C=O) groups is 1. The van der Waals surface area contributed by atoms with Crippen LogP contribution in [0.15, 0.2) is 27.8 Å². The summed E-state index contributed by atoms with van der Waals surface area (Å²) in [5, 5.41) is 13.8. The molecular formula is C18H30IN3O4. The van der Waals surface area contributed by atoms with Crippen molar-refractivity contribution in [1.82, 2.24) is 10.2 Å². The minimum absolute atomic E-state index is 0. The van der Waals surface area contributed by atoms with E-state index in [9.17, 15) is 9.90 Å². The van der Waals surface area contributed by atoms with Crippen LogP contribution < -0.4 is 5.32 Å². The van der Waals surface area contributed by atoms with E-state index in [0.717, 1.165) is 38.4 Å². The zero-order valence-electron chi connectivity index (χ0n) is 15.7. The van der Waals surface area contributed by atoms with Crippen molar-refractivity contribution in [3.8, 4) is 0 Å². The summed E-state index contributed by atoms with van der Waals surface area (Å²) in [5.74, 6) is 1.10. The van der Waals surface area contributed by atoms with E-state index >= 15 is 0 Å². The topological polar surface area (TPSA) is 87.3 Å². The highest BCUT2D eigenvalue weighted by Crippen LogP contribution is 2.22. The normalized spacial score (nSPS) is 18.0. The first-order valence-electron chi connectivity index (χ1n) is 8.94. The van der Waals surface area contributed by atoms with Crippen LogP contribution in [0.5, 0.6) is 0 Å². The average molecular weight is 479 g/mol. The predicted octanol–water partition coefficient (Wildman–Crippen LogP) is 2.35. The summed E-state index contributed by atoms with van der Waals surface area (Å²) in [7, 11) is 0. The summed E-state index contributed by atoms with van der Waals surface area (Å²) in [6, 6.07) is 3.49. The first kappa shape index (κ1) is 22.8. The van der Waals surface area contributed by atoms with E-state index in [0.29, 0.717) is 12.4 Å². The van der Waals surface area contributed by atoms with Crippen LogP contribution in [0.3, 0.4) is 0 Å². The quantitative estimate of drug-likeness (QED) is 0.282. The number of furan rings is 1. The van der Waals surface area contributed by atoms with Gasteiger partial charge in [-0.1, -0.05) is 0 Å². The van der Waals surface area contributed by atoms with Gasteiger partial charge in [-0.3, -0.25) is 4.79 Å². The summed E-state index contributed by atoms with van der Waals surface area (Å²) in [6.45, 7) is 8.34. The summed E-state index contributed by atoms with van der Waals surface area (Å²) >= 11 is 0. The molecule has 0 saturated carbocycles. The third-order valence-corrected chi connectivity index (χ3v) is 4.34. The van der Waals surface area contributed by atoms with Crippen molar-refractivity contribution < 1.29 is 19.1 Å². The second kappa shape index (κ2) is 10.8. The van der Waals surface area contributed by atoms with Crippen molar-refractivity contribution in [3.05, 3.63) is 24.2 Å². The van der Waals surface area contributed by atoms with Gasteiger partial charge in [-0.2, -0.15) is 0 Å². The maximum Gasteiger partial charge on any atom is 0.309 e. The molecule has 2 rings (SSSR count). The lowest BCUT2D eigenvalue weighted by molar-refractivity contribution is -0.149. The van der Waals surface area contributed by atoms with Gasteiger partial charge in [0.1, 0.15) is 11.4 Å². The van der Waals surface area contributed by atoms with Crippen LogP contribution in [0, 0.1) is 5.92 Å². The van der Waals surface area contributed by atoms with Gasteiger partial charge >= 0.3 is 5.97 Å². The number of guanidine groups is 1. The molecule has 0 bridgehead atoms. The summed E-state index contributed by atoms with van der Waals surface area (Å²) in [6.07, 6.45) is 3.04. The van der Waals surface area contributed by atoms with Gasteiger partial charge in [-0.25, -0.2) is 4.99 Å². The molecule has 0 aromatic carbocycles. The number of nitrogens with zero attached hydrogens (tertiary/aromatic N) is 2. The van der Waals surface area contributed by atoms with Crippen molar-refractivity contribution in [1.29, 1.82) is 0 Å². The van der Waals surface area contributed by atoms with Gasteiger partial charge in [0, 0.05) is 19.6 Å². The molecule has 1 fully saturated rings. The number of ether oxygens (including phenoxy) is 1. The van der Waals surface area contributed by atoms with Crippen LogP contribution in [0.25, 0.3) is 0 Å². The number of hydrogen-bond acceptors (Lipinski definition) is 5. The fraction of sp³-hybridized carbons (Fsp3) is 0.667. The maximum absolute atomic E-state index is 11.9. The molecule has 7 nitrogen and oxygen atoms in total. The number of esters is 1. The molecule has 1 aliphatic rings. The SMILES string of the molecule is CCNC(=NCC(C)(O)c1ccco1)N1CCC(C(=O)OCC)CC1.I. The minimum Gasteiger partial charge on any atom is -0.466 e. The third-order valence-electron chi connectivity index (χ3n) is 4.34. The Morgan fingerprint density at radius 1 is 1.46 bits per heavy atom. The molecule has 26 heavy (non-hydrogen) atoms. The standard InChI is InChI=1S/C18H29N3O4.HI/c1-4-19-17(20-13-18(3,23)15-7-6-12-25-15)21-10-8-14(9-11-21)16(22)24-5-2;/h6-7,12,14,23H,4-5,8-11,13H2,1-3H3,(H,19,20);1H. The number of rotatable bonds is 6. The van der Waals surface area contributed by atoms with E-state index in [1.165, 1.54) is 0 Å². The Kier molecular flexibility index (Phi) is 9.42. The molecule has 2 heterocycles. The first-order chi connectivity index (χ1) is 12.0. The van der Waals surface area contributed by atoms with Crippen LogP contribution in [0.1, 0.15) is 39.4 Å². The predicted molar refractivity (Wildman–Crippen MR) is 111 cm³/mol.